The summed E-state index contributed by atoms with van der Waals surface area (Å²) in [6, 6.07) is 60.5. The van der Waals surface area contributed by atoms with Crippen molar-refractivity contribution < 1.29 is 4.74 Å². The van der Waals surface area contributed by atoms with Crippen molar-refractivity contribution in [3.05, 3.63) is 170 Å². The number of rotatable bonds is 4. The fraction of sp³-hybridized carbons (Fsp3) is 0. The Morgan fingerprint density at radius 2 is 1.04 bits per heavy atom. The molecule has 0 amide bonds. The second kappa shape index (κ2) is 10.7. The molecule has 48 heavy (non-hydrogen) atoms. The molecule has 0 atom stereocenters. The molecule has 0 fully saturated rings. The molecule has 4 heteroatoms. The number of anilines is 3. The first-order chi connectivity index (χ1) is 23.8. The van der Waals surface area contributed by atoms with Gasteiger partial charge in [-0.25, -0.2) is 0 Å². The van der Waals surface area contributed by atoms with Crippen LogP contribution in [0, 0.1) is 0 Å². The molecule has 0 saturated heterocycles. The van der Waals surface area contributed by atoms with Crippen molar-refractivity contribution in [2.24, 2.45) is 0 Å². The van der Waals surface area contributed by atoms with Crippen LogP contribution in [0.25, 0.3) is 59.1 Å². The Balaban J connectivity index is 1.07. The van der Waals surface area contributed by atoms with E-state index in [1.54, 1.807) is 0 Å². The third kappa shape index (κ3) is 4.20. The minimum Gasteiger partial charge on any atom is -0.453 e. The van der Waals surface area contributed by atoms with E-state index in [1.807, 2.05) is 23.5 Å². The van der Waals surface area contributed by atoms with E-state index in [4.69, 9.17) is 4.74 Å². The van der Waals surface area contributed by atoms with Crippen molar-refractivity contribution in [2.75, 3.05) is 4.90 Å². The van der Waals surface area contributed by atoms with Crippen molar-refractivity contribution >= 4 is 59.6 Å². The van der Waals surface area contributed by atoms with Crippen molar-refractivity contribution in [1.29, 1.82) is 0 Å². The van der Waals surface area contributed by atoms with Crippen LogP contribution in [0.2, 0.25) is 0 Å². The molecule has 0 saturated carbocycles. The summed E-state index contributed by atoms with van der Waals surface area (Å²) < 4.78 is 11.5. The van der Waals surface area contributed by atoms with Gasteiger partial charge in [0.25, 0.3) is 0 Å². The van der Waals surface area contributed by atoms with Crippen LogP contribution in [0.3, 0.4) is 0 Å². The monoisotopic (exact) mass is 632 g/mol. The fourth-order valence-corrected chi connectivity index (χ4v) is 8.36. The summed E-state index contributed by atoms with van der Waals surface area (Å²) in [6.45, 7) is 0. The highest BCUT2D eigenvalue weighted by Gasteiger charge is 2.26. The molecule has 0 N–H and O–H groups in total. The SMILES string of the molecule is c1ccc(-c2ccc(N3c4ccccc4Oc4ccc(-c5ccc(-n6c7ccccc7c7sc8ccccc8c76)cc5)cc43)cc2)cc1. The Labute approximate surface area is 282 Å². The maximum absolute atomic E-state index is 6.45. The van der Waals surface area contributed by atoms with Crippen LogP contribution in [0.5, 0.6) is 11.5 Å². The van der Waals surface area contributed by atoms with E-state index in [2.05, 4.69) is 167 Å². The first-order valence-electron chi connectivity index (χ1n) is 16.2. The largest absolute Gasteiger partial charge is 0.453 e. The smallest absolute Gasteiger partial charge is 0.151 e. The number of fused-ring (bicyclic) bond motifs is 7. The zero-order chi connectivity index (χ0) is 31.6. The van der Waals surface area contributed by atoms with Gasteiger partial charge in [0, 0.05) is 26.8 Å². The van der Waals surface area contributed by atoms with Gasteiger partial charge >= 0.3 is 0 Å². The summed E-state index contributed by atoms with van der Waals surface area (Å²) in [5.74, 6) is 1.69. The molecule has 10 rings (SSSR count). The van der Waals surface area contributed by atoms with E-state index >= 15 is 0 Å². The van der Waals surface area contributed by atoms with Crippen LogP contribution in [0.15, 0.2) is 170 Å². The Hall–Kier alpha value is -6.10. The van der Waals surface area contributed by atoms with Crippen molar-refractivity contribution in [2.45, 2.75) is 0 Å². The van der Waals surface area contributed by atoms with Gasteiger partial charge in [-0.15, -0.1) is 11.3 Å². The van der Waals surface area contributed by atoms with Gasteiger partial charge in [-0.05, 0) is 82.9 Å². The quantitative estimate of drug-likeness (QED) is 0.192. The number of hydrogen-bond donors (Lipinski definition) is 0. The fourth-order valence-electron chi connectivity index (χ4n) is 7.13. The molecule has 1 aliphatic rings. The highest BCUT2D eigenvalue weighted by Crippen LogP contribution is 2.51. The summed E-state index contributed by atoms with van der Waals surface area (Å²) in [6.07, 6.45) is 0. The summed E-state index contributed by atoms with van der Waals surface area (Å²) in [5, 5.41) is 2.59. The number of nitrogens with zero attached hydrogens (tertiary/aromatic N) is 2. The lowest BCUT2D eigenvalue weighted by Gasteiger charge is -2.33. The lowest BCUT2D eigenvalue weighted by molar-refractivity contribution is 0.477. The topological polar surface area (TPSA) is 17.4 Å². The normalized spacial score (nSPS) is 12.3. The maximum atomic E-state index is 6.45. The minimum atomic E-state index is 0.840. The first-order valence-corrected chi connectivity index (χ1v) is 17.0. The molecule has 1 aliphatic heterocycles. The van der Waals surface area contributed by atoms with Gasteiger partial charge in [-0.1, -0.05) is 109 Å². The van der Waals surface area contributed by atoms with Crippen LogP contribution in [0.1, 0.15) is 0 Å². The van der Waals surface area contributed by atoms with Gasteiger partial charge in [-0.2, -0.15) is 0 Å². The average Bonchev–Trinajstić information content (AvgIpc) is 3.69. The summed E-state index contributed by atoms with van der Waals surface area (Å²) in [4.78, 5) is 2.31. The number of para-hydroxylation sites is 3. The third-order valence-electron chi connectivity index (χ3n) is 9.40. The molecule has 0 spiro atoms. The van der Waals surface area contributed by atoms with E-state index in [9.17, 15) is 0 Å². The van der Waals surface area contributed by atoms with Gasteiger partial charge in [0.15, 0.2) is 11.5 Å². The molecule has 226 valence electrons. The second-order valence-corrected chi connectivity index (χ2v) is 13.2. The van der Waals surface area contributed by atoms with Gasteiger partial charge < -0.3 is 14.2 Å². The van der Waals surface area contributed by atoms with Crippen molar-refractivity contribution in [3.8, 4) is 39.4 Å². The Bertz CT molecular complexity index is 2630. The number of aromatic nitrogens is 1. The standard InChI is InChI=1S/C44H28N2OS/c1-2-10-29(11-3-1)30-18-23-33(24-19-30)45-38-15-7-8-16-40(38)47-41-27-22-32(28-39(41)45)31-20-25-34(26-21-31)46-37-14-6-4-12-35(37)44-43(46)36-13-5-9-17-42(36)48-44/h1-28H. The molecule has 0 aliphatic carbocycles. The van der Waals surface area contributed by atoms with Gasteiger partial charge in [0.1, 0.15) is 0 Å². The van der Waals surface area contributed by atoms with E-state index in [-0.39, 0.29) is 0 Å². The second-order valence-electron chi connectivity index (χ2n) is 12.2. The average molecular weight is 633 g/mol. The van der Waals surface area contributed by atoms with E-state index in [0.29, 0.717) is 0 Å². The minimum absolute atomic E-state index is 0.840. The zero-order valence-electron chi connectivity index (χ0n) is 25.9. The third-order valence-corrected chi connectivity index (χ3v) is 10.6. The van der Waals surface area contributed by atoms with E-state index in [1.165, 1.54) is 42.3 Å². The first kappa shape index (κ1) is 27.1. The summed E-state index contributed by atoms with van der Waals surface area (Å²) in [5.41, 5.74) is 11.5. The van der Waals surface area contributed by atoms with Crippen LogP contribution >= 0.6 is 11.3 Å². The molecule has 2 aromatic heterocycles. The number of hydrogen-bond acceptors (Lipinski definition) is 3. The molecule has 9 aromatic rings. The van der Waals surface area contributed by atoms with Crippen LogP contribution in [-0.2, 0) is 0 Å². The van der Waals surface area contributed by atoms with Crippen LogP contribution in [0.4, 0.5) is 17.1 Å². The van der Waals surface area contributed by atoms with E-state index in [0.717, 1.165) is 45.4 Å². The number of thiophene rings is 1. The Morgan fingerprint density at radius 1 is 0.438 bits per heavy atom. The van der Waals surface area contributed by atoms with Gasteiger partial charge in [0.05, 0.1) is 27.1 Å². The number of ether oxygens (including phenoxy) is 1. The van der Waals surface area contributed by atoms with E-state index < -0.39 is 0 Å². The number of benzene rings is 7. The predicted octanol–water partition coefficient (Wildman–Crippen LogP) is 12.9. The van der Waals surface area contributed by atoms with Crippen LogP contribution < -0.4 is 9.64 Å². The highest BCUT2D eigenvalue weighted by atomic mass is 32.1. The Morgan fingerprint density at radius 3 is 1.88 bits per heavy atom. The Kier molecular flexibility index (Phi) is 6.05. The van der Waals surface area contributed by atoms with Gasteiger partial charge in [0.2, 0.25) is 0 Å². The lowest BCUT2D eigenvalue weighted by atomic mass is 10.0. The molecular formula is C44H28N2OS. The molecule has 3 heterocycles. The molecule has 7 aromatic carbocycles. The van der Waals surface area contributed by atoms with Crippen LogP contribution in [-0.4, -0.2) is 4.57 Å². The molecule has 0 radical (unpaired) electrons. The van der Waals surface area contributed by atoms with Gasteiger partial charge in [-0.3, -0.25) is 0 Å². The highest BCUT2D eigenvalue weighted by molar-refractivity contribution is 7.26. The lowest BCUT2D eigenvalue weighted by Crippen LogP contribution is -2.15. The molecule has 0 unspecified atom stereocenters. The zero-order valence-corrected chi connectivity index (χ0v) is 26.7. The maximum Gasteiger partial charge on any atom is 0.151 e. The van der Waals surface area contributed by atoms with Crippen molar-refractivity contribution in [1.82, 2.24) is 4.57 Å². The van der Waals surface area contributed by atoms with Crippen molar-refractivity contribution in [3.63, 3.8) is 0 Å². The molecule has 0 bridgehead atoms. The molecule has 3 nitrogen and oxygen atoms in total. The summed E-state index contributed by atoms with van der Waals surface area (Å²) >= 11 is 1.88. The molecular weight excluding hydrogens is 605 g/mol. The summed E-state index contributed by atoms with van der Waals surface area (Å²) in [7, 11) is 0. The predicted molar refractivity (Wildman–Crippen MR) is 202 cm³/mol.